The Morgan fingerprint density at radius 2 is 1.69 bits per heavy atom. The monoisotopic (exact) mass is 360 g/mol. The average Bonchev–Trinajstić information content (AvgIpc) is 2.70. The summed E-state index contributed by atoms with van der Waals surface area (Å²) in [6.07, 6.45) is 3.16. The number of carbonyl (C=O) groups excluding carboxylic acids is 1. The third-order valence-electron chi connectivity index (χ3n) is 3.97. The Balaban J connectivity index is 1.46. The van der Waals surface area contributed by atoms with Crippen LogP contribution >= 0.6 is 11.8 Å². The molecule has 2 heterocycles. The fourth-order valence-electron chi connectivity index (χ4n) is 2.61. The Hall–Kier alpha value is -3.25. The largest absolute Gasteiger partial charge is 0.354 e. The van der Waals surface area contributed by atoms with Crippen molar-refractivity contribution in [2.45, 2.75) is 9.79 Å². The summed E-state index contributed by atoms with van der Waals surface area (Å²) >= 11 is 1.73. The molecule has 2 aromatic carbocycles. The molecule has 0 unspecified atom stereocenters. The topological polar surface area (TPSA) is 66.0 Å². The van der Waals surface area contributed by atoms with Crippen LogP contribution in [-0.2, 0) is 0 Å². The number of nitrogens with one attached hydrogen (secondary N) is 3. The minimum atomic E-state index is -0.242. The molecule has 0 spiro atoms. The van der Waals surface area contributed by atoms with Crippen molar-refractivity contribution in [3.8, 4) is 0 Å². The number of para-hydroxylation sites is 1. The van der Waals surface area contributed by atoms with E-state index < -0.39 is 0 Å². The summed E-state index contributed by atoms with van der Waals surface area (Å²) < 4.78 is 0. The molecule has 3 N–H and O–H groups in total. The number of amides is 1. The lowest BCUT2D eigenvalue weighted by Crippen LogP contribution is -2.35. The fourth-order valence-corrected chi connectivity index (χ4v) is 3.58. The van der Waals surface area contributed by atoms with Crippen LogP contribution in [0.15, 0.2) is 83.4 Å². The molecule has 0 bridgehead atoms. The summed E-state index contributed by atoms with van der Waals surface area (Å²) in [5.41, 5.74) is 9.67. The number of aromatic nitrogens is 1. The molecule has 4 rings (SSSR count). The van der Waals surface area contributed by atoms with Crippen molar-refractivity contribution in [2.24, 2.45) is 0 Å². The molecule has 1 amide bonds. The van der Waals surface area contributed by atoms with Crippen molar-refractivity contribution in [2.75, 3.05) is 5.32 Å². The van der Waals surface area contributed by atoms with Gasteiger partial charge in [0.25, 0.3) is 5.91 Å². The second kappa shape index (κ2) is 6.93. The number of anilines is 2. The second-order valence-electron chi connectivity index (χ2n) is 5.73. The van der Waals surface area contributed by atoms with Crippen molar-refractivity contribution in [1.29, 1.82) is 0 Å². The number of hydrazine groups is 1. The highest BCUT2D eigenvalue weighted by atomic mass is 32.2. The van der Waals surface area contributed by atoms with Gasteiger partial charge in [-0.3, -0.25) is 20.6 Å². The van der Waals surface area contributed by atoms with E-state index in [4.69, 9.17) is 0 Å². The molecular weight excluding hydrogens is 344 g/mol. The van der Waals surface area contributed by atoms with Gasteiger partial charge in [0.05, 0.1) is 17.1 Å². The summed E-state index contributed by atoms with van der Waals surface area (Å²) in [5, 5.41) is 3.44. The van der Waals surface area contributed by atoms with E-state index >= 15 is 0 Å². The van der Waals surface area contributed by atoms with Gasteiger partial charge in [0.2, 0.25) is 0 Å². The molecule has 0 radical (unpaired) electrons. The Morgan fingerprint density at radius 1 is 0.923 bits per heavy atom. The van der Waals surface area contributed by atoms with Gasteiger partial charge < -0.3 is 5.32 Å². The van der Waals surface area contributed by atoms with Crippen molar-refractivity contribution in [1.82, 2.24) is 15.8 Å². The molecule has 128 valence electrons. The first kappa shape index (κ1) is 16.2. The van der Waals surface area contributed by atoms with E-state index in [0.29, 0.717) is 11.3 Å². The lowest BCUT2D eigenvalue weighted by molar-refractivity contribution is 0.0942. The molecule has 5 nitrogen and oxygen atoms in total. The first-order valence-electron chi connectivity index (χ1n) is 8.04. The molecule has 0 saturated carbocycles. The second-order valence-corrected chi connectivity index (χ2v) is 6.81. The zero-order valence-corrected chi connectivity index (χ0v) is 14.6. The predicted octanol–water partition coefficient (Wildman–Crippen LogP) is 4.20. The third kappa shape index (κ3) is 3.27. The SMILES string of the molecule is C=C(NNC(=O)c1ccncc1)c1ccc2c(c1)Nc1ccccc1S2. The average molecular weight is 360 g/mol. The molecule has 26 heavy (non-hydrogen) atoms. The molecule has 1 aliphatic rings. The minimum Gasteiger partial charge on any atom is -0.354 e. The number of rotatable bonds is 4. The van der Waals surface area contributed by atoms with Crippen molar-refractivity contribution in [3.05, 3.63) is 84.7 Å². The number of hydrogen-bond acceptors (Lipinski definition) is 5. The van der Waals surface area contributed by atoms with Crippen LogP contribution in [0.1, 0.15) is 15.9 Å². The van der Waals surface area contributed by atoms with E-state index in [1.165, 1.54) is 4.90 Å². The minimum absolute atomic E-state index is 0.242. The van der Waals surface area contributed by atoms with Gasteiger partial charge in [-0.2, -0.15) is 0 Å². The van der Waals surface area contributed by atoms with Crippen LogP contribution in [0.4, 0.5) is 11.4 Å². The van der Waals surface area contributed by atoms with Crippen LogP contribution in [0.3, 0.4) is 0 Å². The van der Waals surface area contributed by atoms with Gasteiger partial charge in [-0.1, -0.05) is 36.5 Å². The Kier molecular flexibility index (Phi) is 4.33. The summed E-state index contributed by atoms with van der Waals surface area (Å²) in [7, 11) is 0. The van der Waals surface area contributed by atoms with Gasteiger partial charge in [0, 0.05) is 33.3 Å². The van der Waals surface area contributed by atoms with Crippen LogP contribution < -0.4 is 16.2 Å². The van der Waals surface area contributed by atoms with Crippen LogP contribution in [0, 0.1) is 0 Å². The highest BCUT2D eigenvalue weighted by Crippen LogP contribution is 2.44. The molecule has 3 aromatic rings. The maximum atomic E-state index is 12.1. The summed E-state index contributed by atoms with van der Waals surface area (Å²) in [4.78, 5) is 18.3. The maximum absolute atomic E-state index is 12.1. The van der Waals surface area contributed by atoms with Gasteiger partial charge >= 0.3 is 0 Å². The lowest BCUT2D eigenvalue weighted by Gasteiger charge is -2.21. The Bertz CT molecular complexity index is 988. The first-order valence-corrected chi connectivity index (χ1v) is 8.86. The Morgan fingerprint density at radius 3 is 2.54 bits per heavy atom. The smallest absolute Gasteiger partial charge is 0.269 e. The standard InChI is InChI=1S/C20H16N4OS/c1-13(23-24-20(25)14-8-10-21-11-9-14)15-6-7-19-17(12-15)22-16-4-2-3-5-18(16)26-19/h2-12,22-23H,1H2,(H,24,25). The first-order chi connectivity index (χ1) is 12.7. The van der Waals surface area contributed by atoms with Crippen LogP contribution in [-0.4, -0.2) is 10.9 Å². The van der Waals surface area contributed by atoms with Crippen molar-refractivity contribution in [3.63, 3.8) is 0 Å². The molecule has 0 atom stereocenters. The van der Waals surface area contributed by atoms with E-state index in [1.54, 1.807) is 36.3 Å². The zero-order chi connectivity index (χ0) is 17.9. The number of carbonyl (C=O) groups is 1. The molecular formula is C20H16N4OS. The number of fused-ring (bicyclic) bond motifs is 2. The maximum Gasteiger partial charge on any atom is 0.269 e. The van der Waals surface area contributed by atoms with Gasteiger partial charge in [-0.05, 0) is 36.4 Å². The number of hydrogen-bond donors (Lipinski definition) is 3. The van der Waals surface area contributed by atoms with E-state index in [2.05, 4.69) is 45.9 Å². The van der Waals surface area contributed by atoms with Gasteiger partial charge in [-0.15, -0.1) is 0 Å². The van der Waals surface area contributed by atoms with E-state index in [1.807, 2.05) is 24.3 Å². The number of benzene rings is 2. The van der Waals surface area contributed by atoms with Gasteiger partial charge in [0.15, 0.2) is 0 Å². The van der Waals surface area contributed by atoms with E-state index in [-0.39, 0.29) is 5.91 Å². The molecule has 1 aromatic heterocycles. The van der Waals surface area contributed by atoms with Crippen LogP contribution in [0.2, 0.25) is 0 Å². The van der Waals surface area contributed by atoms with Crippen LogP contribution in [0.25, 0.3) is 5.70 Å². The highest BCUT2D eigenvalue weighted by molar-refractivity contribution is 7.99. The van der Waals surface area contributed by atoms with E-state index in [9.17, 15) is 4.79 Å². The predicted molar refractivity (Wildman–Crippen MR) is 104 cm³/mol. The van der Waals surface area contributed by atoms with Crippen molar-refractivity contribution >= 4 is 34.7 Å². The Labute approximate surface area is 155 Å². The van der Waals surface area contributed by atoms with Crippen LogP contribution in [0.5, 0.6) is 0 Å². The summed E-state index contributed by atoms with van der Waals surface area (Å²) in [6, 6.07) is 17.5. The molecule has 0 aliphatic carbocycles. The lowest BCUT2D eigenvalue weighted by atomic mass is 10.1. The molecule has 6 heteroatoms. The molecule has 0 saturated heterocycles. The van der Waals surface area contributed by atoms with E-state index in [0.717, 1.165) is 21.8 Å². The highest BCUT2D eigenvalue weighted by Gasteiger charge is 2.16. The summed E-state index contributed by atoms with van der Waals surface area (Å²) in [6.45, 7) is 4.01. The molecule has 0 fully saturated rings. The number of pyridine rings is 1. The zero-order valence-electron chi connectivity index (χ0n) is 13.8. The van der Waals surface area contributed by atoms with Crippen molar-refractivity contribution < 1.29 is 4.79 Å². The summed E-state index contributed by atoms with van der Waals surface area (Å²) in [5.74, 6) is -0.242. The third-order valence-corrected chi connectivity index (χ3v) is 5.13. The van der Waals surface area contributed by atoms with Gasteiger partial charge in [-0.25, -0.2) is 0 Å². The number of nitrogens with zero attached hydrogens (tertiary/aromatic N) is 1. The fraction of sp³-hybridized carbons (Fsp3) is 0. The van der Waals surface area contributed by atoms with Gasteiger partial charge in [0.1, 0.15) is 0 Å². The normalized spacial score (nSPS) is 11.5. The molecule has 1 aliphatic heterocycles. The quantitative estimate of drug-likeness (QED) is 0.476.